The number of fused-ring (bicyclic) bond motifs is 1. The van der Waals surface area contributed by atoms with Crippen molar-refractivity contribution in [3.05, 3.63) is 24.0 Å². The Labute approximate surface area is 158 Å². The second-order valence-electron chi connectivity index (χ2n) is 7.18. The first-order valence-corrected chi connectivity index (χ1v) is 9.14. The van der Waals surface area contributed by atoms with E-state index < -0.39 is 55.0 Å². The first-order chi connectivity index (χ1) is 12.7. The molecule has 2 aliphatic rings. The predicted octanol–water partition coefficient (Wildman–Crippen LogP) is -1.67. The van der Waals surface area contributed by atoms with Gasteiger partial charge in [0.05, 0.1) is 37.1 Å². The molecule has 0 saturated heterocycles. The van der Waals surface area contributed by atoms with Gasteiger partial charge in [-0.05, 0) is 19.4 Å². The molecule has 27 heavy (non-hydrogen) atoms. The Morgan fingerprint density at radius 2 is 1.81 bits per heavy atom. The Kier molecular flexibility index (Phi) is 8.20. The molecular formula is C18H31NO8. The van der Waals surface area contributed by atoms with Crippen molar-refractivity contribution in [3.63, 3.8) is 0 Å². The maximum atomic E-state index is 10.5. The van der Waals surface area contributed by atoms with Crippen LogP contribution in [0.4, 0.5) is 0 Å². The number of ether oxygens (including phenoxy) is 2. The van der Waals surface area contributed by atoms with Crippen LogP contribution in [-0.2, 0) is 9.47 Å². The largest absolute Gasteiger partial charge is 0.501 e. The second-order valence-corrected chi connectivity index (χ2v) is 7.18. The fourth-order valence-electron chi connectivity index (χ4n) is 3.47. The van der Waals surface area contributed by atoms with Crippen molar-refractivity contribution in [2.24, 2.45) is 5.92 Å². The summed E-state index contributed by atoms with van der Waals surface area (Å²) < 4.78 is 10.8. The Morgan fingerprint density at radius 1 is 1.11 bits per heavy atom. The standard InChI is InChI=1S/C18H31NO8/c1-9-4-3-5-12(20)17(24)14(22)8-15(23)19-11-6-10(26-2)7-13(21)16(11)18(25)27-9/h3,5,7,9,11-25H,4,6,8H2,1-2H3/b5-3-. The van der Waals surface area contributed by atoms with Gasteiger partial charge in [0, 0.05) is 18.9 Å². The number of rotatable bonds is 1. The van der Waals surface area contributed by atoms with Crippen LogP contribution in [0.2, 0.25) is 0 Å². The van der Waals surface area contributed by atoms with Gasteiger partial charge in [0.1, 0.15) is 18.4 Å². The van der Waals surface area contributed by atoms with Crippen molar-refractivity contribution >= 4 is 0 Å². The van der Waals surface area contributed by atoms with E-state index in [9.17, 15) is 30.6 Å². The maximum Gasteiger partial charge on any atom is 0.162 e. The Morgan fingerprint density at radius 3 is 2.48 bits per heavy atom. The molecule has 0 aromatic carbocycles. The third-order valence-corrected chi connectivity index (χ3v) is 5.02. The van der Waals surface area contributed by atoms with E-state index in [1.54, 1.807) is 13.0 Å². The molecule has 9 unspecified atom stereocenters. The van der Waals surface area contributed by atoms with Gasteiger partial charge in [0.15, 0.2) is 6.29 Å². The van der Waals surface area contributed by atoms with Gasteiger partial charge >= 0.3 is 0 Å². The fourth-order valence-corrected chi connectivity index (χ4v) is 3.47. The minimum absolute atomic E-state index is 0.259. The minimum Gasteiger partial charge on any atom is -0.501 e. The molecule has 0 aromatic heterocycles. The van der Waals surface area contributed by atoms with E-state index in [0.717, 1.165) is 0 Å². The SMILES string of the molecule is COC1=CC(O)C2C(C1)NC(O)CC(O)C(O)C(O)/C=C\CC(C)OC2O. The van der Waals surface area contributed by atoms with Crippen LogP contribution in [0.1, 0.15) is 26.2 Å². The first-order valence-electron chi connectivity index (χ1n) is 9.14. The molecule has 2 rings (SSSR count). The summed E-state index contributed by atoms with van der Waals surface area (Å²) in [6.07, 6.45) is -3.45. The minimum atomic E-state index is -1.47. The normalized spacial score (nSPS) is 45.9. The molecule has 7 N–H and O–H groups in total. The van der Waals surface area contributed by atoms with E-state index in [2.05, 4.69) is 5.32 Å². The molecule has 1 aliphatic heterocycles. The average Bonchev–Trinajstić information content (AvgIpc) is 2.59. The number of hydrogen-bond acceptors (Lipinski definition) is 9. The maximum absolute atomic E-state index is 10.5. The van der Waals surface area contributed by atoms with Gasteiger partial charge in [-0.1, -0.05) is 12.2 Å². The highest BCUT2D eigenvalue weighted by Gasteiger charge is 2.40. The van der Waals surface area contributed by atoms with Gasteiger partial charge in [-0.25, -0.2) is 0 Å². The Bertz CT molecular complexity index is 527. The molecular weight excluding hydrogens is 358 g/mol. The second kappa shape index (κ2) is 9.94. The summed E-state index contributed by atoms with van der Waals surface area (Å²) in [7, 11) is 1.46. The predicted molar refractivity (Wildman–Crippen MR) is 95.1 cm³/mol. The zero-order valence-electron chi connectivity index (χ0n) is 15.5. The molecule has 0 saturated carbocycles. The van der Waals surface area contributed by atoms with Crippen molar-refractivity contribution in [1.82, 2.24) is 5.32 Å². The van der Waals surface area contributed by atoms with Crippen molar-refractivity contribution < 1.29 is 40.1 Å². The van der Waals surface area contributed by atoms with Crippen molar-refractivity contribution in [2.75, 3.05) is 7.11 Å². The lowest BCUT2D eigenvalue weighted by molar-refractivity contribution is -0.186. The van der Waals surface area contributed by atoms with Crippen LogP contribution >= 0.6 is 0 Å². The van der Waals surface area contributed by atoms with Crippen LogP contribution in [0.25, 0.3) is 0 Å². The molecule has 1 heterocycles. The third-order valence-electron chi connectivity index (χ3n) is 5.02. The van der Waals surface area contributed by atoms with Gasteiger partial charge in [-0.3, -0.25) is 5.32 Å². The molecule has 9 atom stereocenters. The van der Waals surface area contributed by atoms with Gasteiger partial charge in [0.2, 0.25) is 0 Å². The van der Waals surface area contributed by atoms with Gasteiger partial charge < -0.3 is 40.1 Å². The zero-order chi connectivity index (χ0) is 20.1. The van der Waals surface area contributed by atoms with E-state index in [4.69, 9.17) is 9.47 Å². The van der Waals surface area contributed by atoms with E-state index in [-0.39, 0.29) is 12.8 Å². The molecule has 156 valence electrons. The zero-order valence-corrected chi connectivity index (χ0v) is 15.5. The third kappa shape index (κ3) is 5.97. The molecule has 0 aromatic rings. The lowest BCUT2D eigenvalue weighted by Crippen LogP contribution is -2.54. The molecule has 9 heteroatoms. The summed E-state index contributed by atoms with van der Waals surface area (Å²) in [5, 5.41) is 64.1. The topological polar surface area (TPSA) is 152 Å². The number of nitrogens with one attached hydrogen (secondary N) is 1. The molecule has 1 aliphatic carbocycles. The van der Waals surface area contributed by atoms with Gasteiger partial charge in [-0.2, -0.15) is 0 Å². The van der Waals surface area contributed by atoms with Crippen LogP contribution in [0.3, 0.4) is 0 Å². The first kappa shape index (κ1) is 22.3. The molecule has 9 nitrogen and oxygen atoms in total. The number of aliphatic hydroxyl groups is 6. The monoisotopic (exact) mass is 389 g/mol. The average molecular weight is 389 g/mol. The summed E-state index contributed by atoms with van der Waals surface area (Å²) in [6.45, 7) is 1.72. The van der Waals surface area contributed by atoms with Gasteiger partial charge in [-0.15, -0.1) is 0 Å². The van der Waals surface area contributed by atoms with E-state index in [1.807, 2.05) is 0 Å². The summed E-state index contributed by atoms with van der Waals surface area (Å²) in [5.41, 5.74) is 0. The summed E-state index contributed by atoms with van der Waals surface area (Å²) in [4.78, 5) is 0. The lowest BCUT2D eigenvalue weighted by atomic mass is 9.84. The van der Waals surface area contributed by atoms with Crippen molar-refractivity contribution in [2.45, 2.75) is 75.3 Å². The smallest absolute Gasteiger partial charge is 0.162 e. The van der Waals surface area contributed by atoms with Crippen LogP contribution < -0.4 is 5.32 Å². The molecule has 0 fully saturated rings. The number of methoxy groups -OCH3 is 1. The fraction of sp³-hybridized carbons (Fsp3) is 0.778. The van der Waals surface area contributed by atoms with Crippen molar-refractivity contribution in [1.29, 1.82) is 0 Å². The highest BCUT2D eigenvalue weighted by molar-refractivity contribution is 5.11. The van der Waals surface area contributed by atoms with E-state index >= 15 is 0 Å². The summed E-state index contributed by atoms with van der Waals surface area (Å²) in [5.74, 6) is -0.288. The Balaban J connectivity index is 2.26. The van der Waals surface area contributed by atoms with E-state index in [1.165, 1.54) is 19.3 Å². The molecule has 0 spiro atoms. The van der Waals surface area contributed by atoms with Crippen LogP contribution in [0, 0.1) is 5.92 Å². The number of aliphatic hydroxyl groups excluding tert-OH is 6. The molecule has 0 bridgehead atoms. The highest BCUT2D eigenvalue weighted by atomic mass is 16.6. The van der Waals surface area contributed by atoms with Crippen molar-refractivity contribution in [3.8, 4) is 0 Å². The quantitative estimate of drug-likeness (QED) is 0.261. The Hall–Kier alpha value is -1.04. The van der Waals surface area contributed by atoms with E-state index in [0.29, 0.717) is 12.2 Å². The summed E-state index contributed by atoms with van der Waals surface area (Å²) in [6, 6.07) is -0.607. The van der Waals surface area contributed by atoms with Crippen LogP contribution in [0.5, 0.6) is 0 Å². The highest BCUT2D eigenvalue weighted by Crippen LogP contribution is 2.30. The van der Waals surface area contributed by atoms with Gasteiger partial charge in [0.25, 0.3) is 0 Å². The van der Waals surface area contributed by atoms with Crippen LogP contribution in [-0.4, -0.2) is 86.8 Å². The number of hydrogen-bond donors (Lipinski definition) is 7. The van der Waals surface area contributed by atoms with Crippen LogP contribution in [0.15, 0.2) is 24.0 Å². The lowest BCUT2D eigenvalue weighted by Gasteiger charge is -2.39. The molecule has 0 radical (unpaired) electrons. The molecule has 0 amide bonds. The summed E-state index contributed by atoms with van der Waals surface area (Å²) >= 11 is 0.